The molecule has 0 aliphatic carbocycles. The first-order chi connectivity index (χ1) is 12.2. The van der Waals surface area contributed by atoms with E-state index in [4.69, 9.17) is 0 Å². The zero-order valence-electron chi connectivity index (χ0n) is 14.4. The van der Waals surface area contributed by atoms with Crippen LogP contribution in [-0.2, 0) is 19.5 Å². The Morgan fingerprint density at radius 3 is 2.84 bits per heavy atom. The van der Waals surface area contributed by atoms with Crippen LogP contribution in [0, 0.1) is 18.3 Å². The molecule has 1 aromatic carbocycles. The number of hydrogen-bond acceptors (Lipinski definition) is 3. The van der Waals surface area contributed by atoms with Gasteiger partial charge in [0, 0.05) is 30.7 Å². The zero-order chi connectivity index (χ0) is 17.4. The number of aromatic nitrogens is 2. The van der Waals surface area contributed by atoms with E-state index in [2.05, 4.69) is 64.4 Å². The van der Waals surface area contributed by atoms with E-state index in [0.717, 1.165) is 48.5 Å². The number of fused-ring (bicyclic) bond motifs is 2. The Hall–Kier alpha value is -3.06. The van der Waals surface area contributed by atoms with Crippen LogP contribution in [0.1, 0.15) is 22.5 Å². The van der Waals surface area contributed by atoms with Crippen molar-refractivity contribution in [2.75, 3.05) is 11.4 Å². The molecule has 0 spiro atoms. The van der Waals surface area contributed by atoms with Crippen molar-refractivity contribution in [2.24, 2.45) is 0 Å². The Labute approximate surface area is 147 Å². The average molecular weight is 328 g/mol. The van der Waals surface area contributed by atoms with Crippen LogP contribution in [0.4, 0.5) is 5.82 Å². The predicted molar refractivity (Wildman–Crippen MR) is 101 cm³/mol. The number of nitriles is 1. The van der Waals surface area contributed by atoms with Gasteiger partial charge in [0.15, 0.2) is 5.82 Å². The van der Waals surface area contributed by atoms with Gasteiger partial charge >= 0.3 is 0 Å². The molecule has 0 N–H and O–H groups in total. The molecule has 0 radical (unpaired) electrons. The third-order valence-corrected chi connectivity index (χ3v) is 4.92. The minimum atomic E-state index is 0.470. The average Bonchev–Trinajstić information content (AvgIpc) is 2.96. The number of allylic oxidation sites excluding steroid dienone is 1. The standard InChI is InChI=1S/C21H20N4/c1-3-9-25-15(2)11-18-12-19(13-22)23-21(20(18)25)24-10-8-16-6-4-5-7-17(16)14-24/h3-7,11-12H,1,8-10,14H2,2H3. The number of nitrogens with zero attached hydrogens (tertiary/aromatic N) is 4. The first-order valence-electron chi connectivity index (χ1n) is 8.55. The lowest BCUT2D eigenvalue weighted by atomic mass is 10.00. The van der Waals surface area contributed by atoms with Gasteiger partial charge in [0.1, 0.15) is 11.8 Å². The van der Waals surface area contributed by atoms with Crippen LogP contribution in [0.25, 0.3) is 10.9 Å². The molecule has 124 valence electrons. The van der Waals surface area contributed by atoms with Crippen molar-refractivity contribution in [1.29, 1.82) is 5.26 Å². The first kappa shape index (κ1) is 15.5. The van der Waals surface area contributed by atoms with Gasteiger partial charge < -0.3 is 9.47 Å². The third kappa shape index (κ3) is 2.58. The second kappa shape index (κ2) is 6.10. The maximum absolute atomic E-state index is 9.40. The maximum Gasteiger partial charge on any atom is 0.155 e. The van der Waals surface area contributed by atoms with E-state index >= 15 is 0 Å². The monoisotopic (exact) mass is 328 g/mol. The van der Waals surface area contributed by atoms with Gasteiger partial charge in [-0.2, -0.15) is 5.26 Å². The molecule has 25 heavy (non-hydrogen) atoms. The highest BCUT2D eigenvalue weighted by Gasteiger charge is 2.22. The van der Waals surface area contributed by atoms with Crippen LogP contribution in [0.3, 0.4) is 0 Å². The minimum absolute atomic E-state index is 0.470. The van der Waals surface area contributed by atoms with E-state index in [1.165, 1.54) is 11.1 Å². The molecular weight excluding hydrogens is 308 g/mol. The second-order valence-corrected chi connectivity index (χ2v) is 6.51. The molecule has 0 atom stereocenters. The van der Waals surface area contributed by atoms with Gasteiger partial charge in [0.05, 0.1) is 5.52 Å². The van der Waals surface area contributed by atoms with E-state index in [0.29, 0.717) is 5.69 Å². The van der Waals surface area contributed by atoms with Crippen LogP contribution in [0.5, 0.6) is 0 Å². The highest BCUT2D eigenvalue weighted by molar-refractivity contribution is 5.92. The van der Waals surface area contributed by atoms with Gasteiger partial charge in [-0.1, -0.05) is 30.3 Å². The summed E-state index contributed by atoms with van der Waals surface area (Å²) in [5.41, 5.74) is 5.46. The molecule has 3 aromatic rings. The fourth-order valence-corrected chi connectivity index (χ4v) is 3.73. The lowest BCUT2D eigenvalue weighted by Gasteiger charge is -2.30. The summed E-state index contributed by atoms with van der Waals surface area (Å²) in [6.45, 7) is 8.44. The fraction of sp³-hybridized carbons (Fsp3) is 0.238. The highest BCUT2D eigenvalue weighted by Crippen LogP contribution is 2.32. The Morgan fingerprint density at radius 2 is 2.08 bits per heavy atom. The van der Waals surface area contributed by atoms with Gasteiger partial charge in [-0.15, -0.1) is 6.58 Å². The lowest BCUT2D eigenvalue weighted by molar-refractivity contribution is 0.718. The summed E-state index contributed by atoms with van der Waals surface area (Å²) in [6.07, 6.45) is 2.90. The summed E-state index contributed by atoms with van der Waals surface area (Å²) in [7, 11) is 0. The SMILES string of the molecule is C=CCn1c(C)cc2cc(C#N)nc(N3CCc4ccccc4C3)c21. The van der Waals surface area contributed by atoms with Crippen LogP contribution in [-0.4, -0.2) is 16.1 Å². The van der Waals surface area contributed by atoms with Crippen LogP contribution in [0.15, 0.2) is 49.1 Å². The van der Waals surface area contributed by atoms with Crippen molar-refractivity contribution in [2.45, 2.75) is 26.4 Å². The number of hydrogen-bond donors (Lipinski definition) is 0. The molecule has 0 saturated heterocycles. The summed E-state index contributed by atoms with van der Waals surface area (Å²) >= 11 is 0. The Kier molecular flexibility index (Phi) is 3.77. The summed E-state index contributed by atoms with van der Waals surface area (Å²) < 4.78 is 2.23. The summed E-state index contributed by atoms with van der Waals surface area (Å²) in [6, 6.07) is 14.8. The molecule has 4 heteroatoms. The molecule has 0 saturated carbocycles. The number of pyridine rings is 1. The summed E-state index contributed by atoms with van der Waals surface area (Å²) in [5.74, 6) is 0.901. The number of aryl methyl sites for hydroxylation is 1. The van der Waals surface area contributed by atoms with Crippen LogP contribution < -0.4 is 4.90 Å². The van der Waals surface area contributed by atoms with Gasteiger partial charge in [0.2, 0.25) is 0 Å². The first-order valence-corrected chi connectivity index (χ1v) is 8.55. The molecule has 0 fully saturated rings. The summed E-state index contributed by atoms with van der Waals surface area (Å²) in [5, 5.41) is 10.5. The third-order valence-electron chi connectivity index (χ3n) is 4.92. The molecule has 0 bridgehead atoms. The molecule has 1 aliphatic rings. The molecule has 2 aromatic heterocycles. The van der Waals surface area contributed by atoms with Crippen molar-refractivity contribution in [3.63, 3.8) is 0 Å². The normalized spacial score (nSPS) is 13.5. The van der Waals surface area contributed by atoms with Gasteiger partial charge in [-0.3, -0.25) is 0 Å². The lowest BCUT2D eigenvalue weighted by Crippen LogP contribution is -2.31. The van der Waals surface area contributed by atoms with E-state index in [-0.39, 0.29) is 0 Å². The number of anilines is 1. The smallest absolute Gasteiger partial charge is 0.155 e. The quantitative estimate of drug-likeness (QED) is 0.684. The Bertz CT molecular complexity index is 1010. The van der Waals surface area contributed by atoms with Crippen molar-refractivity contribution >= 4 is 16.7 Å². The number of rotatable bonds is 3. The fourth-order valence-electron chi connectivity index (χ4n) is 3.73. The van der Waals surface area contributed by atoms with Crippen LogP contribution >= 0.6 is 0 Å². The topological polar surface area (TPSA) is 44.9 Å². The van der Waals surface area contributed by atoms with Crippen molar-refractivity contribution in [1.82, 2.24) is 9.55 Å². The highest BCUT2D eigenvalue weighted by atomic mass is 15.2. The molecule has 4 nitrogen and oxygen atoms in total. The van der Waals surface area contributed by atoms with Crippen molar-refractivity contribution < 1.29 is 0 Å². The molecule has 1 aliphatic heterocycles. The second-order valence-electron chi connectivity index (χ2n) is 6.51. The van der Waals surface area contributed by atoms with E-state index < -0.39 is 0 Å². The molecule has 0 amide bonds. The van der Waals surface area contributed by atoms with Crippen molar-refractivity contribution in [3.8, 4) is 6.07 Å². The van der Waals surface area contributed by atoms with Crippen LogP contribution in [0.2, 0.25) is 0 Å². The molecule has 3 heterocycles. The summed E-state index contributed by atoms with van der Waals surface area (Å²) in [4.78, 5) is 6.98. The van der Waals surface area contributed by atoms with E-state index in [1.807, 2.05) is 12.1 Å². The van der Waals surface area contributed by atoms with Gasteiger partial charge in [0.25, 0.3) is 0 Å². The van der Waals surface area contributed by atoms with Gasteiger partial charge in [-0.05, 0) is 36.6 Å². The molecular formula is C21H20N4. The molecule has 0 unspecified atom stereocenters. The van der Waals surface area contributed by atoms with Gasteiger partial charge in [-0.25, -0.2) is 4.98 Å². The predicted octanol–water partition coefficient (Wildman–Crippen LogP) is 3.97. The Balaban J connectivity index is 1.89. The molecule has 4 rings (SSSR count). The van der Waals surface area contributed by atoms with E-state index in [9.17, 15) is 5.26 Å². The zero-order valence-corrected chi connectivity index (χ0v) is 14.4. The maximum atomic E-state index is 9.40. The Morgan fingerprint density at radius 1 is 1.28 bits per heavy atom. The van der Waals surface area contributed by atoms with Crippen molar-refractivity contribution in [3.05, 3.63) is 71.6 Å². The largest absolute Gasteiger partial charge is 0.350 e. The van der Waals surface area contributed by atoms with E-state index in [1.54, 1.807) is 0 Å². The number of benzene rings is 1. The minimum Gasteiger partial charge on any atom is -0.350 e.